The molecule has 4 rings (SSSR count). The minimum atomic E-state index is -0.0379. The Labute approximate surface area is 164 Å². The zero-order chi connectivity index (χ0) is 19.3. The van der Waals surface area contributed by atoms with Crippen molar-refractivity contribution in [3.63, 3.8) is 0 Å². The van der Waals surface area contributed by atoms with Gasteiger partial charge in [-0.05, 0) is 32.4 Å². The lowest BCUT2D eigenvalue weighted by Crippen LogP contribution is -2.46. The third-order valence-electron chi connectivity index (χ3n) is 5.54. The molecule has 0 saturated carbocycles. The monoisotopic (exact) mass is 384 g/mol. The van der Waals surface area contributed by atoms with E-state index in [1.54, 1.807) is 16.9 Å². The van der Waals surface area contributed by atoms with Crippen LogP contribution in [-0.2, 0) is 24.3 Å². The molecule has 0 aliphatic carbocycles. The summed E-state index contributed by atoms with van der Waals surface area (Å²) in [6, 6.07) is 4.00. The Morgan fingerprint density at radius 1 is 1.32 bits per heavy atom. The van der Waals surface area contributed by atoms with E-state index in [-0.39, 0.29) is 5.56 Å². The number of hydrogen-bond acceptors (Lipinski definition) is 7. The van der Waals surface area contributed by atoms with Crippen molar-refractivity contribution >= 4 is 5.95 Å². The average molecular weight is 384 g/mol. The Hall–Kier alpha value is -2.32. The molecule has 28 heavy (non-hydrogen) atoms. The summed E-state index contributed by atoms with van der Waals surface area (Å²) in [5.41, 5.74) is 2.86. The average Bonchev–Trinajstić information content (AvgIpc) is 2.71. The molecule has 0 amide bonds. The molecule has 8 heteroatoms. The first-order chi connectivity index (χ1) is 13.7. The fourth-order valence-electron chi connectivity index (χ4n) is 3.96. The molecule has 150 valence electrons. The summed E-state index contributed by atoms with van der Waals surface area (Å²) < 4.78 is 7.04. The quantitative estimate of drug-likeness (QED) is 0.805. The normalized spacial score (nSPS) is 20.0. The van der Waals surface area contributed by atoms with Gasteiger partial charge in [-0.15, -0.1) is 0 Å². The molecule has 4 heterocycles. The van der Waals surface area contributed by atoms with E-state index in [1.165, 1.54) is 12.8 Å². The molecule has 1 N–H and O–H groups in total. The molecule has 2 aromatic heterocycles. The van der Waals surface area contributed by atoms with E-state index in [4.69, 9.17) is 4.74 Å². The summed E-state index contributed by atoms with van der Waals surface area (Å²) >= 11 is 0. The molecule has 0 aromatic carbocycles. The first kappa shape index (κ1) is 19.0. The molecule has 1 fully saturated rings. The van der Waals surface area contributed by atoms with Crippen LogP contribution in [0.4, 0.5) is 5.95 Å². The number of anilines is 1. The summed E-state index contributed by atoms with van der Waals surface area (Å²) in [7, 11) is 0. The van der Waals surface area contributed by atoms with Gasteiger partial charge in [0.25, 0.3) is 5.56 Å². The van der Waals surface area contributed by atoms with Crippen LogP contribution >= 0.6 is 0 Å². The number of rotatable bonds is 6. The van der Waals surface area contributed by atoms with Gasteiger partial charge >= 0.3 is 0 Å². The number of aromatic nitrogens is 4. The largest absolute Gasteiger partial charge is 0.376 e. The summed E-state index contributed by atoms with van der Waals surface area (Å²) in [5.74, 6) is 0.681. The molecule has 0 spiro atoms. The first-order valence-corrected chi connectivity index (χ1v) is 10.1. The number of nitrogens with zero attached hydrogens (tertiary/aromatic N) is 5. The first-order valence-electron chi connectivity index (χ1n) is 10.1. The molecule has 8 nitrogen and oxygen atoms in total. The van der Waals surface area contributed by atoms with Crippen molar-refractivity contribution in [3.8, 4) is 0 Å². The highest BCUT2D eigenvalue weighted by molar-refractivity contribution is 5.25. The fourth-order valence-corrected chi connectivity index (χ4v) is 3.96. The second kappa shape index (κ2) is 8.79. The van der Waals surface area contributed by atoms with Gasteiger partial charge in [0, 0.05) is 49.1 Å². The van der Waals surface area contributed by atoms with Gasteiger partial charge in [-0.1, -0.05) is 6.42 Å². The smallest absolute Gasteiger partial charge is 0.267 e. The number of aryl methyl sites for hydroxylation is 1. The maximum atomic E-state index is 12.4. The molecule has 0 radical (unpaired) electrons. The molecule has 1 atom stereocenters. The Morgan fingerprint density at radius 2 is 2.25 bits per heavy atom. The third-order valence-corrected chi connectivity index (χ3v) is 5.54. The lowest BCUT2D eigenvalue weighted by atomic mass is 10.0. The SMILES string of the molecule is Cc1ccnc(NCC2CCCCN2CCn2nc3c(cc2=O)COCC3)n1. The molecular weight excluding hydrogens is 356 g/mol. The minimum Gasteiger partial charge on any atom is -0.376 e. The minimum absolute atomic E-state index is 0.0379. The molecule has 2 aromatic rings. The van der Waals surface area contributed by atoms with Crippen molar-refractivity contribution in [1.82, 2.24) is 24.6 Å². The topological polar surface area (TPSA) is 85.2 Å². The summed E-state index contributed by atoms with van der Waals surface area (Å²) in [5, 5.41) is 7.96. The van der Waals surface area contributed by atoms with E-state index >= 15 is 0 Å². The number of ether oxygens (including phenoxy) is 1. The van der Waals surface area contributed by atoms with Crippen LogP contribution < -0.4 is 10.9 Å². The van der Waals surface area contributed by atoms with Crippen LogP contribution in [-0.4, -0.2) is 56.9 Å². The van der Waals surface area contributed by atoms with E-state index in [0.717, 1.165) is 49.4 Å². The second-order valence-electron chi connectivity index (χ2n) is 7.57. The van der Waals surface area contributed by atoms with Crippen LogP contribution in [0.5, 0.6) is 0 Å². The number of piperidine rings is 1. The third kappa shape index (κ3) is 4.56. The maximum absolute atomic E-state index is 12.4. The standard InChI is InChI=1S/C20H28N6O2/c1-15-5-7-21-20(23-15)22-13-17-4-2-3-8-25(17)9-10-26-19(27)12-16-14-28-11-6-18(16)24-26/h5,7,12,17H,2-4,6,8-11,13-14H2,1H3,(H,21,22,23). The van der Waals surface area contributed by atoms with Gasteiger partial charge in [0.15, 0.2) is 0 Å². The van der Waals surface area contributed by atoms with Crippen molar-refractivity contribution < 1.29 is 4.74 Å². The van der Waals surface area contributed by atoms with Gasteiger partial charge in [-0.2, -0.15) is 5.10 Å². The van der Waals surface area contributed by atoms with E-state index in [1.807, 2.05) is 13.0 Å². The van der Waals surface area contributed by atoms with Gasteiger partial charge in [-0.3, -0.25) is 9.69 Å². The van der Waals surface area contributed by atoms with E-state index < -0.39 is 0 Å². The van der Waals surface area contributed by atoms with E-state index in [2.05, 4.69) is 25.3 Å². The molecule has 2 aliphatic rings. The molecule has 1 saturated heterocycles. The summed E-state index contributed by atoms with van der Waals surface area (Å²) in [6.07, 6.45) is 6.13. The van der Waals surface area contributed by atoms with Crippen molar-refractivity contribution in [2.45, 2.75) is 51.8 Å². The predicted octanol–water partition coefficient (Wildman–Crippen LogP) is 1.38. The molecular formula is C20H28N6O2. The number of likely N-dealkylation sites (tertiary alicyclic amines) is 1. The summed E-state index contributed by atoms with van der Waals surface area (Å²) in [4.78, 5) is 23.6. The van der Waals surface area contributed by atoms with Gasteiger partial charge in [0.05, 0.1) is 25.5 Å². The molecule has 0 bridgehead atoms. The summed E-state index contributed by atoms with van der Waals surface area (Å²) in [6.45, 7) is 6.45. The van der Waals surface area contributed by atoms with Crippen LogP contribution in [0, 0.1) is 6.92 Å². The molecule has 1 unspecified atom stereocenters. The molecule has 2 aliphatic heterocycles. The van der Waals surface area contributed by atoms with Gasteiger partial charge < -0.3 is 10.1 Å². The Balaban J connectivity index is 1.38. The van der Waals surface area contributed by atoms with Crippen LogP contribution in [0.15, 0.2) is 23.1 Å². The van der Waals surface area contributed by atoms with E-state index in [0.29, 0.717) is 31.7 Å². The highest BCUT2D eigenvalue weighted by atomic mass is 16.5. The highest BCUT2D eigenvalue weighted by Gasteiger charge is 2.23. The van der Waals surface area contributed by atoms with Gasteiger partial charge in [0.2, 0.25) is 5.95 Å². The number of fused-ring (bicyclic) bond motifs is 1. The number of hydrogen-bond donors (Lipinski definition) is 1. The van der Waals surface area contributed by atoms with Crippen LogP contribution in [0.2, 0.25) is 0 Å². The van der Waals surface area contributed by atoms with Crippen LogP contribution in [0.25, 0.3) is 0 Å². The van der Waals surface area contributed by atoms with E-state index in [9.17, 15) is 4.79 Å². The predicted molar refractivity (Wildman–Crippen MR) is 106 cm³/mol. The van der Waals surface area contributed by atoms with Gasteiger partial charge in [-0.25, -0.2) is 14.6 Å². The van der Waals surface area contributed by atoms with Crippen LogP contribution in [0.1, 0.15) is 36.2 Å². The fraction of sp³-hybridized carbons (Fsp3) is 0.600. The van der Waals surface area contributed by atoms with Crippen LogP contribution in [0.3, 0.4) is 0 Å². The van der Waals surface area contributed by atoms with Crippen molar-refractivity contribution in [1.29, 1.82) is 0 Å². The highest BCUT2D eigenvalue weighted by Crippen LogP contribution is 2.17. The number of nitrogens with one attached hydrogen (secondary N) is 1. The van der Waals surface area contributed by atoms with Crippen molar-refractivity contribution in [2.24, 2.45) is 0 Å². The maximum Gasteiger partial charge on any atom is 0.267 e. The lowest BCUT2D eigenvalue weighted by Gasteiger charge is -2.35. The Bertz CT molecular complexity index is 868. The zero-order valence-electron chi connectivity index (χ0n) is 16.4. The zero-order valence-corrected chi connectivity index (χ0v) is 16.4. The lowest BCUT2D eigenvalue weighted by molar-refractivity contribution is 0.107. The second-order valence-corrected chi connectivity index (χ2v) is 7.57. The Kier molecular flexibility index (Phi) is 5.97. The van der Waals surface area contributed by atoms with Gasteiger partial charge in [0.1, 0.15) is 0 Å². The van der Waals surface area contributed by atoms with Crippen molar-refractivity contribution in [3.05, 3.63) is 45.6 Å². The Morgan fingerprint density at radius 3 is 3.14 bits per heavy atom. The van der Waals surface area contributed by atoms with Crippen molar-refractivity contribution in [2.75, 3.05) is 31.6 Å².